The Hall–Kier alpha value is -2.21. The summed E-state index contributed by atoms with van der Waals surface area (Å²) in [5, 5.41) is 9.88. The normalized spacial score (nSPS) is 17.9. The third-order valence-corrected chi connectivity index (χ3v) is 3.92. The lowest BCUT2D eigenvalue weighted by atomic mass is 10.1. The van der Waals surface area contributed by atoms with Gasteiger partial charge in [0.05, 0.1) is 17.5 Å². The van der Waals surface area contributed by atoms with Crippen LogP contribution in [0.2, 0.25) is 0 Å². The number of carbonyl (C=O) groups is 1. The molecule has 1 atom stereocenters. The molecule has 0 spiro atoms. The first-order valence-electron chi connectivity index (χ1n) is 6.94. The molecule has 6 heteroatoms. The molecule has 5 nitrogen and oxygen atoms in total. The fourth-order valence-corrected chi connectivity index (χ4v) is 2.64. The van der Waals surface area contributed by atoms with E-state index in [-0.39, 0.29) is 17.8 Å². The fraction of sp³-hybridized carbons (Fsp3) is 0.333. The van der Waals surface area contributed by atoms with Crippen LogP contribution in [0.1, 0.15) is 16.8 Å². The van der Waals surface area contributed by atoms with Crippen LogP contribution >= 0.6 is 0 Å². The molecule has 0 aliphatic carbocycles. The number of aromatic nitrogens is 2. The van der Waals surface area contributed by atoms with Crippen molar-refractivity contribution in [2.24, 2.45) is 0 Å². The van der Waals surface area contributed by atoms with Gasteiger partial charge in [-0.1, -0.05) is 12.1 Å². The van der Waals surface area contributed by atoms with E-state index in [4.69, 9.17) is 0 Å². The third-order valence-electron chi connectivity index (χ3n) is 3.92. The highest BCUT2D eigenvalue weighted by atomic mass is 19.1. The van der Waals surface area contributed by atoms with E-state index in [2.05, 4.69) is 15.5 Å². The van der Waals surface area contributed by atoms with Crippen LogP contribution in [0.3, 0.4) is 0 Å². The maximum Gasteiger partial charge on any atom is 0.257 e. The second-order valence-corrected chi connectivity index (χ2v) is 5.20. The number of hydrogen-bond donors (Lipinski definition) is 2. The highest BCUT2D eigenvalue weighted by molar-refractivity contribution is 5.99. The number of hydrogen-bond acceptors (Lipinski definition) is 3. The van der Waals surface area contributed by atoms with Crippen LogP contribution in [0.15, 0.2) is 30.5 Å². The molecule has 3 rings (SSSR count). The van der Waals surface area contributed by atoms with Crippen LogP contribution < -0.4 is 5.32 Å². The zero-order chi connectivity index (χ0) is 14.8. The molecular formula is C15H17FN4O. The number of benzene rings is 1. The van der Waals surface area contributed by atoms with E-state index < -0.39 is 0 Å². The second-order valence-electron chi connectivity index (χ2n) is 5.20. The molecule has 2 aromatic rings. The molecule has 1 aliphatic rings. The van der Waals surface area contributed by atoms with Crippen LogP contribution in [-0.4, -0.2) is 47.2 Å². The van der Waals surface area contributed by atoms with E-state index in [1.165, 1.54) is 12.3 Å². The number of rotatable bonds is 3. The predicted molar refractivity (Wildman–Crippen MR) is 77.3 cm³/mol. The van der Waals surface area contributed by atoms with E-state index in [0.717, 1.165) is 19.5 Å². The summed E-state index contributed by atoms with van der Waals surface area (Å²) in [4.78, 5) is 14.3. The van der Waals surface area contributed by atoms with Gasteiger partial charge in [0, 0.05) is 25.2 Å². The number of H-pyrrole nitrogens is 1. The lowest BCUT2D eigenvalue weighted by molar-refractivity contribution is 0.0744. The summed E-state index contributed by atoms with van der Waals surface area (Å²) < 4.78 is 13.9. The first-order valence-corrected chi connectivity index (χ1v) is 6.94. The van der Waals surface area contributed by atoms with Crippen LogP contribution in [0.25, 0.3) is 11.3 Å². The molecule has 1 aromatic heterocycles. The average molecular weight is 288 g/mol. The molecule has 1 aromatic carbocycles. The van der Waals surface area contributed by atoms with Gasteiger partial charge in [0.1, 0.15) is 5.82 Å². The molecule has 0 bridgehead atoms. The lowest BCUT2D eigenvalue weighted by Gasteiger charge is -2.23. The molecule has 0 saturated carbocycles. The topological polar surface area (TPSA) is 61.0 Å². The minimum absolute atomic E-state index is 0.143. The Morgan fingerprint density at radius 3 is 2.95 bits per heavy atom. The van der Waals surface area contributed by atoms with Crippen LogP contribution in [0.5, 0.6) is 0 Å². The number of likely N-dealkylation sites (N-methyl/N-ethyl adjacent to an activating group) is 1. The van der Waals surface area contributed by atoms with Crippen LogP contribution in [0.4, 0.5) is 4.39 Å². The van der Waals surface area contributed by atoms with E-state index in [1.807, 2.05) is 0 Å². The van der Waals surface area contributed by atoms with Crippen LogP contribution in [0, 0.1) is 5.82 Å². The Morgan fingerprint density at radius 2 is 2.24 bits per heavy atom. The SMILES string of the molecule is CN(C(=O)c1cn[nH]c1-c1ccccc1F)C1CCNC1. The number of carbonyl (C=O) groups excluding carboxylic acids is 1. The summed E-state index contributed by atoms with van der Waals surface area (Å²) in [6, 6.07) is 6.53. The number of amides is 1. The Kier molecular flexibility index (Phi) is 3.70. The molecule has 1 fully saturated rings. The van der Waals surface area contributed by atoms with Crippen molar-refractivity contribution in [2.75, 3.05) is 20.1 Å². The number of halogens is 1. The molecule has 1 amide bonds. The summed E-state index contributed by atoms with van der Waals surface area (Å²) >= 11 is 0. The van der Waals surface area contributed by atoms with E-state index in [1.54, 1.807) is 30.1 Å². The van der Waals surface area contributed by atoms with Crippen molar-refractivity contribution in [3.63, 3.8) is 0 Å². The number of nitrogens with one attached hydrogen (secondary N) is 2. The zero-order valence-electron chi connectivity index (χ0n) is 11.8. The van der Waals surface area contributed by atoms with Crippen molar-refractivity contribution in [1.82, 2.24) is 20.4 Å². The smallest absolute Gasteiger partial charge is 0.257 e. The predicted octanol–water partition coefficient (Wildman–Crippen LogP) is 1.65. The summed E-state index contributed by atoms with van der Waals surface area (Å²) in [6.07, 6.45) is 2.39. The first kappa shape index (κ1) is 13.8. The fourth-order valence-electron chi connectivity index (χ4n) is 2.64. The molecule has 21 heavy (non-hydrogen) atoms. The minimum atomic E-state index is -0.374. The second kappa shape index (κ2) is 5.65. The monoisotopic (exact) mass is 288 g/mol. The Balaban J connectivity index is 1.92. The van der Waals surface area contributed by atoms with Crippen molar-refractivity contribution in [1.29, 1.82) is 0 Å². The molecule has 2 heterocycles. The van der Waals surface area contributed by atoms with Gasteiger partial charge >= 0.3 is 0 Å². The maximum atomic E-state index is 13.9. The largest absolute Gasteiger partial charge is 0.337 e. The quantitative estimate of drug-likeness (QED) is 0.903. The summed E-state index contributed by atoms with van der Waals surface area (Å²) in [5.74, 6) is -0.517. The van der Waals surface area contributed by atoms with Crippen molar-refractivity contribution in [2.45, 2.75) is 12.5 Å². The van der Waals surface area contributed by atoms with E-state index in [9.17, 15) is 9.18 Å². The van der Waals surface area contributed by atoms with Gasteiger partial charge < -0.3 is 10.2 Å². The Labute approximate surface area is 122 Å². The van der Waals surface area contributed by atoms with Crippen molar-refractivity contribution >= 4 is 5.91 Å². The number of aromatic amines is 1. The summed E-state index contributed by atoms with van der Waals surface area (Å²) in [5.41, 5.74) is 1.18. The van der Waals surface area contributed by atoms with Gasteiger partial charge in [-0.05, 0) is 25.1 Å². The van der Waals surface area contributed by atoms with Gasteiger partial charge in [0.25, 0.3) is 5.91 Å². The van der Waals surface area contributed by atoms with Gasteiger partial charge in [0.15, 0.2) is 0 Å². The van der Waals surface area contributed by atoms with E-state index >= 15 is 0 Å². The Morgan fingerprint density at radius 1 is 1.43 bits per heavy atom. The van der Waals surface area contributed by atoms with Gasteiger partial charge in [-0.15, -0.1) is 0 Å². The first-order chi connectivity index (χ1) is 10.2. The maximum absolute atomic E-state index is 13.9. The molecule has 110 valence electrons. The molecule has 1 unspecified atom stereocenters. The third kappa shape index (κ3) is 2.54. The highest BCUT2D eigenvalue weighted by Crippen LogP contribution is 2.25. The molecule has 0 radical (unpaired) electrons. The average Bonchev–Trinajstić information content (AvgIpc) is 3.17. The van der Waals surface area contributed by atoms with Gasteiger partial charge in [-0.3, -0.25) is 9.89 Å². The van der Waals surface area contributed by atoms with Gasteiger partial charge in [0.2, 0.25) is 0 Å². The molecule has 2 N–H and O–H groups in total. The van der Waals surface area contributed by atoms with Gasteiger partial charge in [-0.2, -0.15) is 5.10 Å². The lowest BCUT2D eigenvalue weighted by Crippen LogP contribution is -2.38. The van der Waals surface area contributed by atoms with E-state index in [0.29, 0.717) is 16.8 Å². The molecular weight excluding hydrogens is 271 g/mol. The Bertz CT molecular complexity index is 649. The summed E-state index contributed by atoms with van der Waals surface area (Å²) in [6.45, 7) is 1.70. The zero-order valence-corrected chi connectivity index (χ0v) is 11.8. The summed E-state index contributed by atoms with van der Waals surface area (Å²) in [7, 11) is 1.78. The molecule has 1 saturated heterocycles. The minimum Gasteiger partial charge on any atom is -0.337 e. The van der Waals surface area contributed by atoms with Crippen LogP contribution in [-0.2, 0) is 0 Å². The van der Waals surface area contributed by atoms with Crippen molar-refractivity contribution in [3.8, 4) is 11.3 Å². The van der Waals surface area contributed by atoms with Crippen molar-refractivity contribution in [3.05, 3.63) is 41.8 Å². The molecule has 1 aliphatic heterocycles. The van der Waals surface area contributed by atoms with Gasteiger partial charge in [-0.25, -0.2) is 4.39 Å². The highest BCUT2D eigenvalue weighted by Gasteiger charge is 2.27. The standard InChI is InChI=1S/C15H17FN4O/c1-20(10-6-7-17-8-10)15(21)12-9-18-19-14(12)11-4-2-3-5-13(11)16/h2-5,9-10,17H,6-8H2,1H3,(H,18,19). The van der Waals surface area contributed by atoms with Crippen molar-refractivity contribution < 1.29 is 9.18 Å². The number of nitrogens with zero attached hydrogens (tertiary/aromatic N) is 2.